The van der Waals surface area contributed by atoms with Crippen LogP contribution in [0.2, 0.25) is 0 Å². The van der Waals surface area contributed by atoms with Crippen molar-refractivity contribution in [2.75, 3.05) is 40.4 Å². The van der Waals surface area contributed by atoms with Gasteiger partial charge in [-0.2, -0.15) is 0 Å². The predicted molar refractivity (Wildman–Crippen MR) is 126 cm³/mol. The van der Waals surface area contributed by atoms with E-state index in [0.717, 1.165) is 13.1 Å². The molecule has 0 N–H and O–H groups in total. The number of ether oxygens (including phenoxy) is 2. The molecular formula is C27H30N2O3. The standard InChI is InChI=1S/C27H30N2O3/c1-20-9-11-22(12-10-20)26(21-7-5-4-6-8-21)28-13-15-29(16-14-28)27(30)23-17-24(31-2)19-25(18-23)32-3/h4-12,17-19,26H,13-16H2,1-3H3. The zero-order valence-electron chi connectivity index (χ0n) is 19.0. The third kappa shape index (κ3) is 4.78. The van der Waals surface area contributed by atoms with Crippen LogP contribution in [0.4, 0.5) is 0 Å². The number of methoxy groups -OCH3 is 2. The van der Waals surface area contributed by atoms with E-state index in [1.54, 1.807) is 32.4 Å². The fourth-order valence-corrected chi connectivity index (χ4v) is 4.29. The number of carbonyl (C=O) groups excluding carboxylic acids is 1. The van der Waals surface area contributed by atoms with Crippen LogP contribution in [0.1, 0.15) is 33.1 Å². The van der Waals surface area contributed by atoms with E-state index in [1.165, 1.54) is 16.7 Å². The number of piperazine rings is 1. The minimum Gasteiger partial charge on any atom is -0.497 e. The van der Waals surface area contributed by atoms with Crippen molar-refractivity contribution < 1.29 is 14.3 Å². The van der Waals surface area contributed by atoms with Gasteiger partial charge in [0.1, 0.15) is 11.5 Å². The van der Waals surface area contributed by atoms with E-state index >= 15 is 0 Å². The van der Waals surface area contributed by atoms with Crippen molar-refractivity contribution >= 4 is 5.91 Å². The lowest BCUT2D eigenvalue weighted by Crippen LogP contribution is -2.49. The van der Waals surface area contributed by atoms with Gasteiger partial charge < -0.3 is 14.4 Å². The van der Waals surface area contributed by atoms with Crippen LogP contribution >= 0.6 is 0 Å². The van der Waals surface area contributed by atoms with Gasteiger partial charge in [-0.15, -0.1) is 0 Å². The molecule has 1 aliphatic rings. The van der Waals surface area contributed by atoms with E-state index < -0.39 is 0 Å². The van der Waals surface area contributed by atoms with E-state index in [0.29, 0.717) is 30.2 Å². The average Bonchev–Trinajstić information content (AvgIpc) is 2.85. The predicted octanol–water partition coefficient (Wildman–Crippen LogP) is 4.56. The summed E-state index contributed by atoms with van der Waals surface area (Å²) in [6, 6.07) is 24.9. The van der Waals surface area contributed by atoms with Crippen LogP contribution in [0, 0.1) is 6.92 Å². The Kier molecular flexibility index (Phi) is 6.76. The fourth-order valence-electron chi connectivity index (χ4n) is 4.29. The Hall–Kier alpha value is -3.31. The third-order valence-electron chi connectivity index (χ3n) is 6.07. The van der Waals surface area contributed by atoms with Crippen molar-refractivity contribution in [1.82, 2.24) is 9.80 Å². The molecule has 5 heteroatoms. The molecular weight excluding hydrogens is 400 g/mol. The van der Waals surface area contributed by atoms with E-state index in [-0.39, 0.29) is 11.9 Å². The number of nitrogens with zero attached hydrogens (tertiary/aromatic N) is 2. The van der Waals surface area contributed by atoms with E-state index in [4.69, 9.17) is 9.47 Å². The maximum Gasteiger partial charge on any atom is 0.254 e. The van der Waals surface area contributed by atoms with Crippen LogP contribution < -0.4 is 9.47 Å². The van der Waals surface area contributed by atoms with Gasteiger partial charge in [-0.1, -0.05) is 60.2 Å². The Balaban J connectivity index is 1.52. The highest BCUT2D eigenvalue weighted by Gasteiger charge is 2.29. The Labute approximate surface area is 190 Å². The molecule has 0 radical (unpaired) electrons. The molecule has 1 aliphatic heterocycles. The van der Waals surface area contributed by atoms with E-state index in [2.05, 4.69) is 66.4 Å². The summed E-state index contributed by atoms with van der Waals surface area (Å²) in [4.78, 5) is 17.6. The molecule has 32 heavy (non-hydrogen) atoms. The fraction of sp³-hybridized carbons (Fsp3) is 0.296. The summed E-state index contributed by atoms with van der Waals surface area (Å²) in [6.45, 7) is 5.07. The second-order valence-electron chi connectivity index (χ2n) is 8.15. The second-order valence-corrected chi connectivity index (χ2v) is 8.15. The molecule has 3 aromatic carbocycles. The van der Waals surface area contributed by atoms with Crippen LogP contribution in [-0.4, -0.2) is 56.1 Å². The lowest BCUT2D eigenvalue weighted by molar-refractivity contribution is 0.0596. The molecule has 1 fully saturated rings. The van der Waals surface area contributed by atoms with Gasteiger partial charge in [-0.25, -0.2) is 0 Å². The second kappa shape index (κ2) is 9.88. The van der Waals surface area contributed by atoms with Crippen molar-refractivity contribution in [2.45, 2.75) is 13.0 Å². The molecule has 1 unspecified atom stereocenters. The van der Waals surface area contributed by atoms with Crippen molar-refractivity contribution in [3.05, 3.63) is 95.1 Å². The maximum atomic E-state index is 13.2. The van der Waals surface area contributed by atoms with Crippen LogP contribution in [-0.2, 0) is 0 Å². The quantitative estimate of drug-likeness (QED) is 0.575. The number of rotatable bonds is 6. The first-order chi connectivity index (χ1) is 15.6. The molecule has 4 rings (SSSR count). The summed E-state index contributed by atoms with van der Waals surface area (Å²) < 4.78 is 10.7. The van der Waals surface area contributed by atoms with Crippen LogP contribution in [0.15, 0.2) is 72.8 Å². The van der Waals surface area contributed by atoms with Gasteiger partial charge >= 0.3 is 0 Å². The largest absolute Gasteiger partial charge is 0.497 e. The number of hydrogen-bond acceptors (Lipinski definition) is 4. The molecule has 1 heterocycles. The molecule has 1 amide bonds. The number of carbonyl (C=O) groups is 1. The zero-order chi connectivity index (χ0) is 22.5. The summed E-state index contributed by atoms with van der Waals surface area (Å²) in [7, 11) is 3.19. The van der Waals surface area contributed by atoms with Gasteiger partial charge in [0.25, 0.3) is 5.91 Å². The molecule has 1 atom stereocenters. The Bertz CT molecular complexity index is 1020. The van der Waals surface area contributed by atoms with Crippen LogP contribution in [0.25, 0.3) is 0 Å². The van der Waals surface area contributed by atoms with Crippen molar-refractivity contribution in [2.24, 2.45) is 0 Å². The highest BCUT2D eigenvalue weighted by Crippen LogP contribution is 2.30. The molecule has 0 spiro atoms. The number of amides is 1. The zero-order valence-corrected chi connectivity index (χ0v) is 19.0. The molecule has 5 nitrogen and oxygen atoms in total. The first-order valence-corrected chi connectivity index (χ1v) is 11.0. The van der Waals surface area contributed by atoms with Gasteiger partial charge in [0.2, 0.25) is 0 Å². The van der Waals surface area contributed by atoms with Gasteiger partial charge in [0.15, 0.2) is 0 Å². The molecule has 1 saturated heterocycles. The number of aryl methyl sites for hydroxylation is 1. The lowest BCUT2D eigenvalue weighted by Gasteiger charge is -2.40. The summed E-state index contributed by atoms with van der Waals surface area (Å²) in [5.41, 5.74) is 4.39. The highest BCUT2D eigenvalue weighted by atomic mass is 16.5. The minimum absolute atomic E-state index is 0.00782. The normalized spacial score (nSPS) is 15.3. The van der Waals surface area contributed by atoms with Crippen LogP contribution in [0.5, 0.6) is 11.5 Å². The lowest BCUT2D eigenvalue weighted by atomic mass is 9.95. The number of benzene rings is 3. The van der Waals surface area contributed by atoms with Gasteiger partial charge in [-0.3, -0.25) is 9.69 Å². The summed E-state index contributed by atoms with van der Waals surface area (Å²) in [6.07, 6.45) is 0. The van der Waals surface area contributed by atoms with Gasteiger partial charge in [0.05, 0.1) is 20.3 Å². The molecule has 0 bridgehead atoms. The van der Waals surface area contributed by atoms with E-state index in [9.17, 15) is 4.79 Å². The Morgan fingerprint density at radius 3 is 1.91 bits per heavy atom. The molecule has 3 aromatic rings. The molecule has 0 saturated carbocycles. The molecule has 166 valence electrons. The monoisotopic (exact) mass is 430 g/mol. The van der Waals surface area contributed by atoms with Crippen molar-refractivity contribution in [3.8, 4) is 11.5 Å². The average molecular weight is 431 g/mol. The highest BCUT2D eigenvalue weighted by molar-refractivity contribution is 5.95. The van der Waals surface area contributed by atoms with E-state index in [1.807, 2.05) is 4.90 Å². The van der Waals surface area contributed by atoms with Crippen molar-refractivity contribution in [3.63, 3.8) is 0 Å². The third-order valence-corrected chi connectivity index (χ3v) is 6.07. The Morgan fingerprint density at radius 1 is 0.781 bits per heavy atom. The van der Waals surface area contributed by atoms with Gasteiger partial charge in [0, 0.05) is 37.8 Å². The first kappa shape index (κ1) is 21.9. The molecule has 0 aromatic heterocycles. The number of hydrogen-bond donors (Lipinski definition) is 0. The SMILES string of the molecule is COc1cc(OC)cc(C(=O)N2CCN(C(c3ccccc3)c3ccc(C)cc3)CC2)c1. The summed E-state index contributed by atoms with van der Waals surface area (Å²) >= 11 is 0. The first-order valence-electron chi connectivity index (χ1n) is 11.0. The summed E-state index contributed by atoms with van der Waals surface area (Å²) in [5, 5.41) is 0. The van der Waals surface area contributed by atoms with Gasteiger partial charge in [-0.05, 0) is 30.2 Å². The maximum absolute atomic E-state index is 13.2. The summed E-state index contributed by atoms with van der Waals surface area (Å²) in [5.74, 6) is 1.25. The Morgan fingerprint density at radius 2 is 1.34 bits per heavy atom. The minimum atomic E-state index is 0.00782. The van der Waals surface area contributed by atoms with Crippen LogP contribution in [0.3, 0.4) is 0 Å². The molecule has 0 aliphatic carbocycles. The van der Waals surface area contributed by atoms with Crippen molar-refractivity contribution in [1.29, 1.82) is 0 Å². The smallest absolute Gasteiger partial charge is 0.254 e. The topological polar surface area (TPSA) is 42.0 Å².